The lowest BCUT2D eigenvalue weighted by Crippen LogP contribution is -2.15. The average molecular weight is 298 g/mol. The van der Waals surface area contributed by atoms with Gasteiger partial charge in [-0.3, -0.25) is 5.10 Å². The van der Waals surface area contributed by atoms with Gasteiger partial charge >= 0.3 is 0 Å². The van der Waals surface area contributed by atoms with Crippen molar-refractivity contribution in [3.63, 3.8) is 0 Å². The first kappa shape index (κ1) is 14.6. The topological polar surface area (TPSA) is 55.2 Å². The highest BCUT2D eigenvalue weighted by Crippen LogP contribution is 2.28. The zero-order chi connectivity index (χ0) is 15.7. The van der Waals surface area contributed by atoms with Gasteiger partial charge in [-0.15, -0.1) is 0 Å². The van der Waals surface area contributed by atoms with Crippen LogP contribution in [0.15, 0.2) is 30.3 Å². The van der Waals surface area contributed by atoms with Crippen LogP contribution in [0.4, 0.5) is 0 Å². The summed E-state index contributed by atoms with van der Waals surface area (Å²) in [6, 6.07) is 10.3. The van der Waals surface area contributed by atoms with Crippen LogP contribution in [0.25, 0.3) is 5.65 Å². The quantitative estimate of drug-likeness (QED) is 0.782. The summed E-state index contributed by atoms with van der Waals surface area (Å²) in [7, 11) is 0. The highest BCUT2D eigenvalue weighted by Gasteiger charge is 2.17. The van der Waals surface area contributed by atoms with Crippen LogP contribution in [0.5, 0.6) is 5.75 Å². The van der Waals surface area contributed by atoms with Crippen LogP contribution in [0, 0.1) is 6.92 Å². The molecule has 0 spiro atoms. The molecule has 0 fully saturated rings. The van der Waals surface area contributed by atoms with Gasteiger partial charge in [0.2, 0.25) is 0 Å². The summed E-state index contributed by atoms with van der Waals surface area (Å²) in [5.74, 6) is 1.61. The number of aromatic amines is 1. The number of nitrogens with zero attached hydrogens (tertiary/aromatic N) is 3. The van der Waals surface area contributed by atoms with Crippen molar-refractivity contribution in [3.8, 4) is 5.75 Å². The smallest absolute Gasteiger partial charge is 0.189 e. The minimum absolute atomic E-state index is 0.194. The van der Waals surface area contributed by atoms with Crippen molar-refractivity contribution in [1.82, 2.24) is 19.8 Å². The van der Waals surface area contributed by atoms with Crippen LogP contribution in [-0.4, -0.2) is 19.8 Å². The number of fused-ring (bicyclic) bond motifs is 1. The zero-order valence-corrected chi connectivity index (χ0v) is 13.6. The molecule has 0 unspecified atom stereocenters. The van der Waals surface area contributed by atoms with E-state index >= 15 is 0 Å². The Labute approximate surface area is 130 Å². The minimum Gasteiger partial charge on any atom is -0.486 e. The molecule has 116 valence electrons. The van der Waals surface area contributed by atoms with E-state index in [1.54, 1.807) is 4.52 Å². The van der Waals surface area contributed by atoms with E-state index in [0.717, 1.165) is 29.3 Å². The summed E-state index contributed by atoms with van der Waals surface area (Å²) in [5.41, 5.74) is 3.36. The molecule has 5 heteroatoms. The van der Waals surface area contributed by atoms with Gasteiger partial charge in [0, 0.05) is 6.07 Å². The van der Waals surface area contributed by atoms with Gasteiger partial charge in [-0.1, -0.05) is 32.9 Å². The van der Waals surface area contributed by atoms with Crippen LogP contribution < -0.4 is 4.74 Å². The highest BCUT2D eigenvalue weighted by molar-refractivity contribution is 5.38. The Balaban J connectivity index is 1.71. The van der Waals surface area contributed by atoms with E-state index < -0.39 is 0 Å². The molecule has 0 amide bonds. The number of ether oxygens (including phenoxy) is 1. The third-order valence-corrected chi connectivity index (χ3v) is 4.26. The molecular weight excluding hydrogens is 276 g/mol. The number of aryl methyl sites for hydroxylation is 1. The first-order valence-corrected chi connectivity index (χ1v) is 7.62. The Morgan fingerprint density at radius 3 is 2.64 bits per heavy atom. The van der Waals surface area contributed by atoms with Crippen molar-refractivity contribution in [2.24, 2.45) is 0 Å². The van der Waals surface area contributed by atoms with Gasteiger partial charge < -0.3 is 4.74 Å². The van der Waals surface area contributed by atoms with Crippen molar-refractivity contribution in [2.45, 2.75) is 46.1 Å². The Bertz CT molecular complexity index is 768. The Morgan fingerprint density at radius 1 is 1.23 bits per heavy atom. The van der Waals surface area contributed by atoms with E-state index in [1.807, 2.05) is 25.1 Å². The summed E-state index contributed by atoms with van der Waals surface area (Å²) in [4.78, 5) is 0. The molecular formula is C17H22N4O. The molecule has 0 radical (unpaired) electrons. The Morgan fingerprint density at radius 2 is 1.95 bits per heavy atom. The van der Waals surface area contributed by atoms with Crippen LogP contribution in [0.3, 0.4) is 0 Å². The molecule has 0 aliphatic heterocycles. The summed E-state index contributed by atoms with van der Waals surface area (Å²) in [5, 5.41) is 11.6. The van der Waals surface area contributed by atoms with Gasteiger partial charge in [0.05, 0.1) is 5.69 Å². The van der Waals surface area contributed by atoms with Gasteiger partial charge in [0.1, 0.15) is 12.4 Å². The maximum atomic E-state index is 5.83. The first-order chi connectivity index (χ1) is 10.5. The van der Waals surface area contributed by atoms with Gasteiger partial charge in [-0.2, -0.15) is 14.7 Å². The lowest BCUT2D eigenvalue weighted by atomic mass is 9.82. The van der Waals surface area contributed by atoms with Crippen molar-refractivity contribution in [2.75, 3.05) is 0 Å². The maximum Gasteiger partial charge on any atom is 0.189 e. The van der Waals surface area contributed by atoms with Crippen LogP contribution in [0.1, 0.15) is 44.3 Å². The summed E-state index contributed by atoms with van der Waals surface area (Å²) >= 11 is 0. The average Bonchev–Trinajstić information content (AvgIpc) is 3.05. The minimum atomic E-state index is 0.194. The lowest BCUT2D eigenvalue weighted by Gasteiger charge is -2.23. The molecule has 0 bridgehead atoms. The molecule has 2 heterocycles. The van der Waals surface area contributed by atoms with E-state index in [9.17, 15) is 0 Å². The monoisotopic (exact) mass is 298 g/mol. The molecule has 1 aromatic carbocycles. The van der Waals surface area contributed by atoms with Crippen LogP contribution in [-0.2, 0) is 12.0 Å². The number of aromatic nitrogens is 4. The van der Waals surface area contributed by atoms with Gasteiger partial charge in [0.25, 0.3) is 0 Å². The van der Waals surface area contributed by atoms with E-state index in [-0.39, 0.29) is 5.41 Å². The molecule has 3 rings (SSSR count). The Hall–Kier alpha value is -2.30. The third-order valence-electron chi connectivity index (χ3n) is 4.26. The number of hydrogen-bond acceptors (Lipinski definition) is 3. The molecule has 22 heavy (non-hydrogen) atoms. The predicted octanol–water partition coefficient (Wildman–Crippen LogP) is 3.63. The molecule has 0 aliphatic rings. The fraction of sp³-hybridized carbons (Fsp3) is 0.412. The second-order valence-electron chi connectivity index (χ2n) is 6.27. The molecule has 2 aromatic heterocycles. The fourth-order valence-corrected chi connectivity index (χ4v) is 2.39. The number of H-pyrrole nitrogens is 1. The second kappa shape index (κ2) is 5.48. The normalized spacial score (nSPS) is 12.0. The van der Waals surface area contributed by atoms with Crippen molar-refractivity contribution in [1.29, 1.82) is 0 Å². The standard InChI is InChI=1S/C17H22N4O/c1-5-17(3,4)13-6-8-14(9-7-13)22-11-16-19-18-15-10-12(2)20-21(15)16/h6-10,18H,5,11H2,1-4H3. The summed E-state index contributed by atoms with van der Waals surface area (Å²) < 4.78 is 7.61. The lowest BCUT2D eigenvalue weighted by molar-refractivity contribution is 0.292. The van der Waals surface area contributed by atoms with Gasteiger partial charge in [0.15, 0.2) is 11.5 Å². The third kappa shape index (κ3) is 2.71. The number of rotatable bonds is 5. The SMILES string of the molecule is CCC(C)(C)c1ccc(OCc2n[nH]c3cc(C)nn23)cc1. The van der Waals surface area contributed by atoms with E-state index in [2.05, 4.69) is 48.2 Å². The maximum absolute atomic E-state index is 5.83. The number of nitrogens with one attached hydrogen (secondary N) is 1. The number of hydrogen-bond donors (Lipinski definition) is 1. The van der Waals surface area contributed by atoms with Gasteiger partial charge in [-0.25, -0.2) is 0 Å². The molecule has 5 nitrogen and oxygen atoms in total. The summed E-state index contributed by atoms with van der Waals surface area (Å²) in [6.07, 6.45) is 1.11. The zero-order valence-electron chi connectivity index (χ0n) is 13.6. The van der Waals surface area contributed by atoms with E-state index in [1.165, 1.54) is 5.56 Å². The fourth-order valence-electron chi connectivity index (χ4n) is 2.39. The van der Waals surface area contributed by atoms with Gasteiger partial charge in [-0.05, 0) is 36.5 Å². The van der Waals surface area contributed by atoms with Crippen molar-refractivity contribution in [3.05, 3.63) is 47.4 Å². The van der Waals surface area contributed by atoms with Crippen LogP contribution >= 0.6 is 0 Å². The largest absolute Gasteiger partial charge is 0.486 e. The van der Waals surface area contributed by atoms with E-state index in [4.69, 9.17) is 4.74 Å². The first-order valence-electron chi connectivity index (χ1n) is 7.62. The summed E-state index contributed by atoms with van der Waals surface area (Å²) in [6.45, 7) is 9.06. The molecule has 0 saturated carbocycles. The molecule has 3 aromatic rings. The molecule has 0 saturated heterocycles. The highest BCUT2D eigenvalue weighted by atomic mass is 16.5. The second-order valence-corrected chi connectivity index (χ2v) is 6.27. The van der Waals surface area contributed by atoms with Crippen molar-refractivity contribution < 1.29 is 4.74 Å². The van der Waals surface area contributed by atoms with E-state index in [0.29, 0.717) is 6.61 Å². The molecule has 0 atom stereocenters. The predicted molar refractivity (Wildman–Crippen MR) is 86.2 cm³/mol. The van der Waals surface area contributed by atoms with Crippen LogP contribution in [0.2, 0.25) is 0 Å². The molecule has 1 N–H and O–H groups in total. The Kier molecular flexibility index (Phi) is 3.64. The molecule has 0 aliphatic carbocycles. The van der Waals surface area contributed by atoms with Crippen molar-refractivity contribution >= 4 is 5.65 Å². The number of benzene rings is 1.